The van der Waals surface area contributed by atoms with Crippen LogP contribution in [0.15, 0.2) is 71.2 Å². The normalized spacial score (nSPS) is 13.0. The SMILES string of the molecule is C=C(C)/C(=C(\N=C(c1ccc(OC)c(OC)c1)C(C)CC)c1ccccc1)C(C)C.CC. The van der Waals surface area contributed by atoms with E-state index in [9.17, 15) is 0 Å². The molecule has 0 bridgehead atoms. The number of methoxy groups -OCH3 is 2. The minimum Gasteiger partial charge on any atom is -0.493 e. The minimum absolute atomic E-state index is 0.278. The minimum atomic E-state index is 0.278. The molecule has 0 aliphatic rings. The van der Waals surface area contributed by atoms with Gasteiger partial charge in [0, 0.05) is 11.1 Å². The molecular weight excluding hydrogens is 394 g/mol. The second-order valence-corrected chi connectivity index (χ2v) is 7.94. The molecule has 0 aliphatic heterocycles. The zero-order valence-electron chi connectivity index (χ0n) is 21.5. The van der Waals surface area contributed by atoms with Crippen LogP contribution in [0.25, 0.3) is 5.70 Å². The van der Waals surface area contributed by atoms with Crippen molar-refractivity contribution >= 4 is 11.4 Å². The van der Waals surface area contributed by atoms with Crippen LogP contribution in [0.5, 0.6) is 11.5 Å². The average molecular weight is 436 g/mol. The predicted molar refractivity (Wildman–Crippen MR) is 140 cm³/mol. The van der Waals surface area contributed by atoms with Crippen LogP contribution in [-0.2, 0) is 0 Å². The molecule has 0 spiro atoms. The summed E-state index contributed by atoms with van der Waals surface area (Å²) in [6.07, 6.45) is 0.985. The van der Waals surface area contributed by atoms with Gasteiger partial charge in [-0.25, -0.2) is 0 Å². The summed E-state index contributed by atoms with van der Waals surface area (Å²) in [4.78, 5) is 5.30. The van der Waals surface area contributed by atoms with Gasteiger partial charge in [-0.15, -0.1) is 0 Å². The molecule has 0 heterocycles. The van der Waals surface area contributed by atoms with Crippen LogP contribution < -0.4 is 9.47 Å². The highest BCUT2D eigenvalue weighted by Crippen LogP contribution is 2.33. The van der Waals surface area contributed by atoms with Crippen LogP contribution >= 0.6 is 0 Å². The maximum absolute atomic E-state index is 5.55. The molecule has 0 aliphatic carbocycles. The number of benzene rings is 2. The van der Waals surface area contributed by atoms with Crippen molar-refractivity contribution in [3.8, 4) is 11.5 Å². The average Bonchev–Trinajstić information content (AvgIpc) is 2.82. The Morgan fingerprint density at radius 3 is 1.97 bits per heavy atom. The van der Waals surface area contributed by atoms with Crippen molar-refractivity contribution in [3.63, 3.8) is 0 Å². The highest BCUT2D eigenvalue weighted by atomic mass is 16.5. The Morgan fingerprint density at radius 2 is 1.50 bits per heavy atom. The van der Waals surface area contributed by atoms with Gasteiger partial charge < -0.3 is 9.47 Å². The molecule has 1 atom stereocenters. The van der Waals surface area contributed by atoms with E-state index in [-0.39, 0.29) is 5.92 Å². The lowest BCUT2D eigenvalue weighted by atomic mass is 9.91. The van der Waals surface area contributed by atoms with E-state index in [0.717, 1.165) is 34.5 Å². The van der Waals surface area contributed by atoms with Gasteiger partial charge in [-0.05, 0) is 49.0 Å². The fourth-order valence-electron chi connectivity index (χ4n) is 3.61. The first-order chi connectivity index (χ1) is 15.3. The smallest absolute Gasteiger partial charge is 0.161 e. The van der Waals surface area contributed by atoms with Gasteiger partial charge >= 0.3 is 0 Å². The summed E-state index contributed by atoms with van der Waals surface area (Å²) < 4.78 is 11.0. The summed E-state index contributed by atoms with van der Waals surface area (Å²) in [6, 6.07) is 16.4. The highest BCUT2D eigenvalue weighted by molar-refractivity contribution is 6.05. The largest absolute Gasteiger partial charge is 0.493 e. The van der Waals surface area contributed by atoms with E-state index in [0.29, 0.717) is 17.4 Å². The number of ether oxygens (including phenoxy) is 2. The molecule has 174 valence electrons. The van der Waals surface area contributed by atoms with Gasteiger partial charge in [-0.2, -0.15) is 0 Å². The summed E-state index contributed by atoms with van der Waals surface area (Å²) >= 11 is 0. The van der Waals surface area contributed by atoms with Crippen LogP contribution in [-0.4, -0.2) is 19.9 Å². The molecule has 3 nitrogen and oxygen atoms in total. The molecule has 0 saturated heterocycles. The van der Waals surface area contributed by atoms with Gasteiger partial charge in [0.15, 0.2) is 11.5 Å². The first kappa shape index (κ1) is 27.2. The number of hydrogen-bond acceptors (Lipinski definition) is 3. The van der Waals surface area contributed by atoms with Crippen molar-refractivity contribution in [2.45, 2.75) is 54.9 Å². The van der Waals surface area contributed by atoms with Crippen LogP contribution in [0.3, 0.4) is 0 Å². The van der Waals surface area contributed by atoms with Crippen LogP contribution in [0.4, 0.5) is 0 Å². The lowest BCUT2D eigenvalue weighted by Crippen LogP contribution is -2.13. The third-order valence-electron chi connectivity index (χ3n) is 5.33. The topological polar surface area (TPSA) is 30.8 Å². The highest BCUT2D eigenvalue weighted by Gasteiger charge is 2.19. The molecule has 0 fully saturated rings. The standard InChI is InChI=1S/C27H35NO2.C2H6/c1-9-20(6)26(22-15-16-23(29-7)24(17-22)30-8)28-27(21-13-11-10-12-14-21)25(18(2)3)19(4)5;1-2/h10-17,19-20H,2,9H2,1,3-8H3;1-2H3/b27-25+,28-26?;. The summed E-state index contributed by atoms with van der Waals surface area (Å²) in [5.41, 5.74) is 6.40. The molecule has 2 aromatic carbocycles. The number of rotatable bonds is 9. The molecule has 0 N–H and O–H groups in total. The van der Waals surface area contributed by atoms with Crippen molar-refractivity contribution in [1.29, 1.82) is 0 Å². The van der Waals surface area contributed by atoms with Crippen LogP contribution in [0, 0.1) is 11.8 Å². The monoisotopic (exact) mass is 435 g/mol. The van der Waals surface area contributed by atoms with E-state index >= 15 is 0 Å². The van der Waals surface area contributed by atoms with Crippen LogP contribution in [0.2, 0.25) is 0 Å². The van der Waals surface area contributed by atoms with Crippen molar-refractivity contribution in [1.82, 2.24) is 0 Å². The molecule has 0 radical (unpaired) electrons. The van der Waals surface area contributed by atoms with E-state index in [4.69, 9.17) is 14.5 Å². The number of nitrogens with zero attached hydrogens (tertiary/aromatic N) is 1. The predicted octanol–water partition coefficient (Wildman–Crippen LogP) is 8.21. The lowest BCUT2D eigenvalue weighted by molar-refractivity contribution is 0.355. The van der Waals surface area contributed by atoms with Gasteiger partial charge in [-0.3, -0.25) is 4.99 Å². The molecule has 1 unspecified atom stereocenters. The van der Waals surface area contributed by atoms with Crippen molar-refractivity contribution in [2.75, 3.05) is 14.2 Å². The first-order valence-electron chi connectivity index (χ1n) is 11.6. The number of aliphatic imine (C=N–C) groups is 1. The molecule has 0 amide bonds. The fourth-order valence-corrected chi connectivity index (χ4v) is 3.61. The van der Waals surface area contributed by atoms with E-state index in [1.54, 1.807) is 14.2 Å². The summed E-state index contributed by atoms with van der Waals surface area (Å²) in [7, 11) is 3.31. The maximum atomic E-state index is 5.55. The Bertz CT molecular complexity index is 923. The summed E-state index contributed by atoms with van der Waals surface area (Å²) in [5.74, 6) is 2.01. The van der Waals surface area contributed by atoms with Gasteiger partial charge in [0.2, 0.25) is 0 Å². The Labute approximate surface area is 195 Å². The lowest BCUT2D eigenvalue weighted by Gasteiger charge is -2.20. The maximum Gasteiger partial charge on any atom is 0.161 e. The summed E-state index contributed by atoms with van der Waals surface area (Å²) in [5, 5.41) is 0. The van der Waals surface area contributed by atoms with Gasteiger partial charge in [0.1, 0.15) is 0 Å². The van der Waals surface area contributed by atoms with E-state index in [2.05, 4.69) is 71.5 Å². The van der Waals surface area contributed by atoms with Crippen LogP contribution in [0.1, 0.15) is 66.0 Å². The third-order valence-corrected chi connectivity index (χ3v) is 5.33. The molecule has 2 aromatic rings. The molecule has 3 heteroatoms. The molecule has 32 heavy (non-hydrogen) atoms. The molecule has 0 aromatic heterocycles. The Kier molecular flexibility index (Phi) is 11.5. The van der Waals surface area contributed by atoms with Gasteiger partial charge in [0.25, 0.3) is 0 Å². The number of allylic oxidation sites excluding steroid dienone is 2. The second kappa shape index (κ2) is 13.6. The fraction of sp³-hybridized carbons (Fsp3) is 0.414. The van der Waals surface area contributed by atoms with Gasteiger partial charge in [-0.1, -0.05) is 84.0 Å². The Hall–Kier alpha value is -2.81. The van der Waals surface area contributed by atoms with E-state index in [1.165, 1.54) is 5.57 Å². The zero-order chi connectivity index (χ0) is 24.3. The van der Waals surface area contributed by atoms with Crippen molar-refractivity contribution in [2.24, 2.45) is 16.8 Å². The zero-order valence-corrected chi connectivity index (χ0v) is 21.5. The summed E-state index contributed by atoms with van der Waals surface area (Å²) in [6.45, 7) is 19.1. The quantitative estimate of drug-likeness (QED) is 0.293. The Morgan fingerprint density at radius 1 is 0.906 bits per heavy atom. The molecular formula is C29H41NO2. The molecule has 0 saturated carbocycles. The van der Waals surface area contributed by atoms with E-state index < -0.39 is 0 Å². The molecule has 2 rings (SSSR count). The second-order valence-electron chi connectivity index (χ2n) is 7.94. The van der Waals surface area contributed by atoms with Gasteiger partial charge in [0.05, 0.1) is 25.6 Å². The first-order valence-corrected chi connectivity index (χ1v) is 11.6. The third kappa shape index (κ3) is 6.85. The van der Waals surface area contributed by atoms with E-state index in [1.807, 2.05) is 32.0 Å². The Balaban J connectivity index is 0.00000249. The van der Waals surface area contributed by atoms with Crippen molar-refractivity contribution < 1.29 is 9.47 Å². The van der Waals surface area contributed by atoms with Crippen molar-refractivity contribution in [3.05, 3.63) is 77.4 Å². The number of hydrogen-bond donors (Lipinski definition) is 0.